The molecule has 0 aliphatic rings. The number of benzene rings is 1. The van der Waals surface area contributed by atoms with Crippen molar-refractivity contribution in [2.75, 3.05) is 20.7 Å². The summed E-state index contributed by atoms with van der Waals surface area (Å²) in [5.74, 6) is 0.913. The average molecular weight is 278 g/mol. The van der Waals surface area contributed by atoms with E-state index in [1.807, 2.05) is 12.1 Å². The lowest BCUT2D eigenvalue weighted by Gasteiger charge is -2.31. The van der Waals surface area contributed by atoms with E-state index in [9.17, 15) is 0 Å². The van der Waals surface area contributed by atoms with Crippen molar-refractivity contribution in [1.82, 2.24) is 10.2 Å². The van der Waals surface area contributed by atoms with Crippen LogP contribution < -0.4 is 10.1 Å². The van der Waals surface area contributed by atoms with Crippen molar-refractivity contribution in [3.05, 3.63) is 29.8 Å². The highest BCUT2D eigenvalue weighted by Crippen LogP contribution is 2.14. The summed E-state index contributed by atoms with van der Waals surface area (Å²) in [6.07, 6.45) is 1.14. The van der Waals surface area contributed by atoms with Crippen LogP contribution in [0.2, 0.25) is 0 Å². The monoisotopic (exact) mass is 278 g/mol. The standard InChI is InChI=1S/C17H30N2O/c1-7-17(3,4)18-12-14(2)19(5)13-15-8-10-16(20-6)11-9-15/h8-11,14,18H,7,12-13H2,1-6H3. The fourth-order valence-electron chi connectivity index (χ4n) is 1.88. The van der Waals surface area contributed by atoms with E-state index in [0.29, 0.717) is 6.04 Å². The molecule has 20 heavy (non-hydrogen) atoms. The van der Waals surface area contributed by atoms with Crippen molar-refractivity contribution >= 4 is 0 Å². The molecule has 0 heterocycles. The largest absolute Gasteiger partial charge is 0.497 e. The van der Waals surface area contributed by atoms with Crippen molar-refractivity contribution in [2.45, 2.75) is 52.2 Å². The summed E-state index contributed by atoms with van der Waals surface area (Å²) in [4.78, 5) is 2.38. The Morgan fingerprint density at radius 2 is 1.85 bits per heavy atom. The van der Waals surface area contributed by atoms with E-state index in [2.05, 4.69) is 57.1 Å². The Labute approximate surface area is 124 Å². The van der Waals surface area contributed by atoms with E-state index in [0.717, 1.165) is 25.3 Å². The summed E-state index contributed by atoms with van der Waals surface area (Å²) < 4.78 is 5.19. The zero-order valence-corrected chi connectivity index (χ0v) is 13.9. The average Bonchev–Trinajstić information content (AvgIpc) is 2.45. The number of nitrogens with zero attached hydrogens (tertiary/aromatic N) is 1. The first-order valence-corrected chi connectivity index (χ1v) is 7.46. The topological polar surface area (TPSA) is 24.5 Å². The first-order valence-electron chi connectivity index (χ1n) is 7.46. The summed E-state index contributed by atoms with van der Waals surface area (Å²) >= 11 is 0. The molecule has 0 amide bonds. The molecule has 0 aliphatic heterocycles. The van der Waals surface area contributed by atoms with Gasteiger partial charge in [-0.05, 0) is 51.9 Å². The van der Waals surface area contributed by atoms with Gasteiger partial charge < -0.3 is 10.1 Å². The fraction of sp³-hybridized carbons (Fsp3) is 0.647. The van der Waals surface area contributed by atoms with Crippen LogP contribution >= 0.6 is 0 Å². The van der Waals surface area contributed by atoms with Gasteiger partial charge in [0.05, 0.1) is 7.11 Å². The van der Waals surface area contributed by atoms with Crippen LogP contribution in [-0.4, -0.2) is 37.2 Å². The van der Waals surface area contributed by atoms with Crippen LogP contribution in [0.4, 0.5) is 0 Å². The van der Waals surface area contributed by atoms with Crippen LogP contribution in [0.1, 0.15) is 39.7 Å². The van der Waals surface area contributed by atoms with Gasteiger partial charge in [0.25, 0.3) is 0 Å². The van der Waals surface area contributed by atoms with Gasteiger partial charge in [-0.1, -0.05) is 19.1 Å². The minimum Gasteiger partial charge on any atom is -0.497 e. The van der Waals surface area contributed by atoms with Crippen molar-refractivity contribution < 1.29 is 4.74 Å². The van der Waals surface area contributed by atoms with Gasteiger partial charge in [0.1, 0.15) is 5.75 Å². The molecular formula is C17H30N2O. The fourth-order valence-corrected chi connectivity index (χ4v) is 1.88. The summed E-state index contributed by atoms with van der Waals surface area (Å²) in [7, 11) is 3.87. The molecule has 0 aliphatic carbocycles. The van der Waals surface area contributed by atoms with Gasteiger partial charge in [0.2, 0.25) is 0 Å². The summed E-state index contributed by atoms with van der Waals surface area (Å²) in [5.41, 5.74) is 1.53. The molecule has 1 aromatic carbocycles. The molecule has 0 spiro atoms. The minimum absolute atomic E-state index is 0.217. The van der Waals surface area contributed by atoms with Crippen LogP contribution in [0.5, 0.6) is 5.75 Å². The van der Waals surface area contributed by atoms with E-state index >= 15 is 0 Å². The summed E-state index contributed by atoms with van der Waals surface area (Å²) in [6.45, 7) is 11.0. The lowest BCUT2D eigenvalue weighted by Crippen LogP contribution is -2.46. The highest BCUT2D eigenvalue weighted by molar-refractivity contribution is 5.27. The van der Waals surface area contributed by atoms with Gasteiger partial charge in [0.15, 0.2) is 0 Å². The summed E-state index contributed by atoms with van der Waals surface area (Å²) in [6, 6.07) is 8.80. The molecule has 0 aromatic heterocycles. The molecular weight excluding hydrogens is 248 g/mol. The molecule has 1 N–H and O–H groups in total. The Morgan fingerprint density at radius 1 is 1.25 bits per heavy atom. The molecule has 0 fully saturated rings. The van der Waals surface area contributed by atoms with Gasteiger partial charge in [0, 0.05) is 24.7 Å². The van der Waals surface area contributed by atoms with Crippen molar-refractivity contribution in [1.29, 1.82) is 0 Å². The number of nitrogens with one attached hydrogen (secondary N) is 1. The number of hydrogen-bond donors (Lipinski definition) is 1. The Morgan fingerprint density at radius 3 is 2.35 bits per heavy atom. The maximum atomic E-state index is 5.19. The smallest absolute Gasteiger partial charge is 0.118 e. The second-order valence-electron chi connectivity index (χ2n) is 6.23. The third-order valence-electron chi connectivity index (χ3n) is 4.10. The normalized spacial score (nSPS) is 13.6. The van der Waals surface area contributed by atoms with E-state index < -0.39 is 0 Å². The Balaban J connectivity index is 2.46. The van der Waals surface area contributed by atoms with Gasteiger partial charge >= 0.3 is 0 Å². The molecule has 0 saturated carbocycles. The van der Waals surface area contributed by atoms with Gasteiger partial charge in [-0.2, -0.15) is 0 Å². The predicted molar refractivity (Wildman–Crippen MR) is 86.3 cm³/mol. The van der Waals surface area contributed by atoms with Crippen LogP contribution in [0.3, 0.4) is 0 Å². The third kappa shape index (κ3) is 5.51. The number of rotatable bonds is 8. The second kappa shape index (κ2) is 7.65. The van der Waals surface area contributed by atoms with Crippen molar-refractivity contribution in [3.8, 4) is 5.75 Å². The van der Waals surface area contributed by atoms with Crippen molar-refractivity contribution in [3.63, 3.8) is 0 Å². The molecule has 3 heteroatoms. The molecule has 1 unspecified atom stereocenters. The highest BCUT2D eigenvalue weighted by Gasteiger charge is 2.17. The van der Waals surface area contributed by atoms with Crippen molar-refractivity contribution in [2.24, 2.45) is 0 Å². The van der Waals surface area contributed by atoms with Gasteiger partial charge in [-0.15, -0.1) is 0 Å². The van der Waals surface area contributed by atoms with Gasteiger partial charge in [-0.3, -0.25) is 4.90 Å². The van der Waals surface area contributed by atoms with Gasteiger partial charge in [-0.25, -0.2) is 0 Å². The SMILES string of the molecule is CCC(C)(C)NCC(C)N(C)Cc1ccc(OC)cc1. The first kappa shape index (κ1) is 17.0. The van der Waals surface area contributed by atoms with Crippen LogP contribution in [0, 0.1) is 0 Å². The second-order valence-corrected chi connectivity index (χ2v) is 6.23. The van der Waals surface area contributed by atoms with E-state index in [4.69, 9.17) is 4.74 Å². The number of hydrogen-bond acceptors (Lipinski definition) is 3. The Kier molecular flexibility index (Phi) is 6.50. The lowest BCUT2D eigenvalue weighted by atomic mass is 10.0. The van der Waals surface area contributed by atoms with Crippen LogP contribution in [0.25, 0.3) is 0 Å². The third-order valence-corrected chi connectivity index (χ3v) is 4.10. The molecule has 3 nitrogen and oxygen atoms in total. The molecule has 0 saturated heterocycles. The minimum atomic E-state index is 0.217. The quantitative estimate of drug-likeness (QED) is 0.789. The molecule has 1 rings (SSSR count). The highest BCUT2D eigenvalue weighted by atomic mass is 16.5. The first-order chi connectivity index (χ1) is 9.38. The number of likely N-dealkylation sites (N-methyl/N-ethyl adjacent to an activating group) is 1. The maximum Gasteiger partial charge on any atom is 0.118 e. The van der Waals surface area contributed by atoms with Crippen LogP contribution in [0.15, 0.2) is 24.3 Å². The Bertz CT molecular complexity index is 386. The van der Waals surface area contributed by atoms with E-state index in [1.165, 1.54) is 5.56 Å². The molecule has 0 radical (unpaired) electrons. The molecule has 1 aromatic rings. The number of ether oxygens (including phenoxy) is 1. The number of methoxy groups -OCH3 is 1. The molecule has 0 bridgehead atoms. The molecule has 114 valence electrons. The Hall–Kier alpha value is -1.06. The summed E-state index contributed by atoms with van der Waals surface area (Å²) in [5, 5.41) is 3.63. The zero-order chi connectivity index (χ0) is 15.2. The predicted octanol–water partition coefficient (Wildman–Crippen LogP) is 3.29. The zero-order valence-electron chi connectivity index (χ0n) is 13.9. The van der Waals surface area contributed by atoms with E-state index in [1.54, 1.807) is 7.11 Å². The lowest BCUT2D eigenvalue weighted by molar-refractivity contribution is 0.223. The van der Waals surface area contributed by atoms with Crippen LogP contribution in [-0.2, 0) is 6.54 Å². The molecule has 1 atom stereocenters. The van der Waals surface area contributed by atoms with E-state index in [-0.39, 0.29) is 5.54 Å². The maximum absolute atomic E-state index is 5.19.